The van der Waals surface area contributed by atoms with E-state index in [1.165, 1.54) is 0 Å². The van der Waals surface area contributed by atoms with Crippen molar-refractivity contribution >= 4 is 39.4 Å². The number of urea groups is 1. The molecule has 3 aromatic rings. The summed E-state index contributed by atoms with van der Waals surface area (Å²) in [7, 11) is 0. The summed E-state index contributed by atoms with van der Waals surface area (Å²) in [6.07, 6.45) is 4.59. The topological polar surface area (TPSA) is 137 Å². The molecule has 5 N–H and O–H groups in total. The summed E-state index contributed by atoms with van der Waals surface area (Å²) < 4.78 is 1.11. The molecule has 0 saturated heterocycles. The summed E-state index contributed by atoms with van der Waals surface area (Å²) in [6.45, 7) is 14.0. The second-order valence-corrected chi connectivity index (χ2v) is 13.9. The highest BCUT2D eigenvalue weighted by atomic mass is 32.1. The molecule has 210 valence electrons. The number of anilines is 2. The fourth-order valence-corrected chi connectivity index (χ4v) is 6.06. The summed E-state index contributed by atoms with van der Waals surface area (Å²) in [5.41, 5.74) is 3.14. The minimum absolute atomic E-state index is 0.0893. The van der Waals surface area contributed by atoms with Crippen LogP contribution in [0.25, 0.3) is 20.8 Å². The normalized spacial score (nSPS) is 21.7. The van der Waals surface area contributed by atoms with Crippen molar-refractivity contribution in [3.8, 4) is 10.6 Å². The number of aromatic nitrogens is 4. The first-order valence-corrected chi connectivity index (χ1v) is 14.5. The molecule has 11 heteroatoms. The molecule has 0 bridgehead atoms. The second-order valence-electron chi connectivity index (χ2n) is 12.9. The van der Waals surface area contributed by atoms with Crippen LogP contribution in [0.1, 0.15) is 84.5 Å². The first-order valence-electron chi connectivity index (χ1n) is 13.7. The summed E-state index contributed by atoms with van der Waals surface area (Å²) in [6, 6.07) is 1.29. The number of fused-ring (bicyclic) bond motifs is 1. The predicted octanol–water partition coefficient (Wildman–Crippen LogP) is 4.95. The number of aliphatic hydroxyl groups is 1. The van der Waals surface area contributed by atoms with Crippen LogP contribution in [0.4, 0.5) is 16.6 Å². The number of rotatable bonds is 6. The fourth-order valence-electron chi connectivity index (χ4n) is 4.99. The maximum Gasteiger partial charge on any atom is 0.315 e. The number of thiazole rings is 1. The third-order valence-electron chi connectivity index (χ3n) is 6.76. The molecular weight excluding hydrogens is 512 g/mol. The van der Waals surface area contributed by atoms with E-state index in [-0.39, 0.29) is 29.2 Å². The number of amides is 2. The average Bonchev–Trinajstić information content (AvgIpc) is 3.45. The van der Waals surface area contributed by atoms with E-state index in [0.717, 1.165) is 45.0 Å². The van der Waals surface area contributed by atoms with Crippen molar-refractivity contribution in [1.82, 2.24) is 30.6 Å². The second kappa shape index (κ2) is 10.2. The lowest BCUT2D eigenvalue weighted by Gasteiger charge is -2.24. The van der Waals surface area contributed by atoms with Gasteiger partial charge in [0.05, 0.1) is 33.8 Å². The average molecular weight is 553 g/mol. The Morgan fingerprint density at radius 3 is 2.46 bits per heavy atom. The van der Waals surface area contributed by atoms with Gasteiger partial charge in [-0.2, -0.15) is 4.98 Å². The molecule has 0 aromatic carbocycles. The third-order valence-corrected chi connectivity index (χ3v) is 7.80. The van der Waals surface area contributed by atoms with Crippen LogP contribution in [-0.2, 0) is 0 Å². The van der Waals surface area contributed by atoms with Gasteiger partial charge in [0, 0.05) is 29.2 Å². The number of nitrogens with one attached hydrogen (secondary N) is 4. The SMILES string of the molecule is Cc1nc(NC(C)(C)C)nc(N[C@@H]2C[C@H](NC(=O)NC(C)(C)C)[C@@H](O)C2)c1-c1nc2c(C3CC3)nccc2s1. The largest absolute Gasteiger partial charge is 0.391 e. The molecule has 10 nitrogen and oxygen atoms in total. The van der Waals surface area contributed by atoms with E-state index < -0.39 is 6.10 Å². The Bertz CT molecular complexity index is 1370. The van der Waals surface area contributed by atoms with Crippen LogP contribution in [0.15, 0.2) is 12.3 Å². The Labute approximate surface area is 233 Å². The molecule has 2 amide bonds. The Morgan fingerprint density at radius 1 is 1.05 bits per heavy atom. The number of pyridine rings is 1. The van der Waals surface area contributed by atoms with E-state index in [1.54, 1.807) is 11.3 Å². The van der Waals surface area contributed by atoms with Crippen molar-refractivity contribution < 1.29 is 9.90 Å². The van der Waals surface area contributed by atoms with E-state index in [9.17, 15) is 9.90 Å². The van der Waals surface area contributed by atoms with Crippen molar-refractivity contribution in [2.24, 2.45) is 0 Å². The first kappa shape index (κ1) is 27.5. The first-order chi connectivity index (χ1) is 18.3. The lowest BCUT2D eigenvalue weighted by molar-refractivity contribution is 0.148. The van der Waals surface area contributed by atoms with Crippen LogP contribution in [0.3, 0.4) is 0 Å². The van der Waals surface area contributed by atoms with Gasteiger partial charge in [0.2, 0.25) is 5.95 Å². The zero-order valence-electron chi connectivity index (χ0n) is 23.8. The van der Waals surface area contributed by atoms with Crippen LogP contribution in [0.5, 0.6) is 0 Å². The van der Waals surface area contributed by atoms with Crippen molar-refractivity contribution in [1.29, 1.82) is 0 Å². The molecule has 5 rings (SSSR count). The number of nitrogens with zero attached hydrogens (tertiary/aromatic N) is 4. The van der Waals surface area contributed by atoms with Gasteiger partial charge in [-0.15, -0.1) is 11.3 Å². The zero-order chi connectivity index (χ0) is 28.1. The quantitative estimate of drug-likeness (QED) is 0.290. The number of hydrogen-bond donors (Lipinski definition) is 5. The molecule has 3 atom stereocenters. The highest BCUT2D eigenvalue weighted by molar-refractivity contribution is 7.21. The fraction of sp³-hybridized carbons (Fsp3) is 0.607. The summed E-state index contributed by atoms with van der Waals surface area (Å²) in [5.74, 6) is 1.70. The van der Waals surface area contributed by atoms with Crippen LogP contribution < -0.4 is 21.3 Å². The van der Waals surface area contributed by atoms with Crippen LogP contribution in [-0.4, -0.2) is 60.3 Å². The maximum absolute atomic E-state index is 12.5. The summed E-state index contributed by atoms with van der Waals surface area (Å²) in [4.78, 5) is 31.8. The Balaban J connectivity index is 1.45. The molecule has 2 saturated carbocycles. The van der Waals surface area contributed by atoms with Crippen molar-refractivity contribution in [2.75, 3.05) is 10.6 Å². The number of carbonyl (C=O) groups is 1. The number of carbonyl (C=O) groups excluding carboxylic acids is 1. The molecule has 0 radical (unpaired) electrons. The van der Waals surface area contributed by atoms with Gasteiger partial charge in [-0.25, -0.2) is 14.8 Å². The minimum atomic E-state index is -0.665. The van der Waals surface area contributed by atoms with Crippen molar-refractivity contribution in [2.45, 2.75) is 109 Å². The van der Waals surface area contributed by atoms with Gasteiger partial charge in [-0.3, -0.25) is 4.98 Å². The molecule has 39 heavy (non-hydrogen) atoms. The highest BCUT2D eigenvalue weighted by Crippen LogP contribution is 2.44. The number of aryl methyl sites for hydroxylation is 1. The van der Waals surface area contributed by atoms with E-state index in [2.05, 4.69) is 47.0 Å². The van der Waals surface area contributed by atoms with Crippen molar-refractivity contribution in [3.63, 3.8) is 0 Å². The van der Waals surface area contributed by atoms with Gasteiger partial charge in [0.25, 0.3) is 0 Å². The molecule has 3 heterocycles. The van der Waals surface area contributed by atoms with E-state index in [0.29, 0.717) is 30.5 Å². The van der Waals surface area contributed by atoms with Gasteiger partial charge in [-0.1, -0.05) is 0 Å². The Hall–Kier alpha value is -3.05. The molecule has 2 fully saturated rings. The minimum Gasteiger partial charge on any atom is -0.391 e. The molecule has 0 spiro atoms. The van der Waals surface area contributed by atoms with Gasteiger partial charge >= 0.3 is 6.03 Å². The number of aliphatic hydroxyl groups excluding tert-OH is 1. The van der Waals surface area contributed by atoms with E-state index in [1.807, 2.05) is 40.0 Å². The maximum atomic E-state index is 12.5. The highest BCUT2D eigenvalue weighted by Gasteiger charge is 2.36. The van der Waals surface area contributed by atoms with Gasteiger partial charge in [-0.05, 0) is 80.2 Å². The number of hydrogen-bond acceptors (Lipinski definition) is 9. The van der Waals surface area contributed by atoms with Gasteiger partial charge in [0.15, 0.2) is 0 Å². The van der Waals surface area contributed by atoms with E-state index in [4.69, 9.17) is 15.0 Å². The molecule has 3 aromatic heterocycles. The molecule has 2 aliphatic rings. The van der Waals surface area contributed by atoms with Crippen LogP contribution in [0, 0.1) is 6.92 Å². The van der Waals surface area contributed by atoms with Crippen LogP contribution >= 0.6 is 11.3 Å². The summed E-state index contributed by atoms with van der Waals surface area (Å²) in [5, 5.41) is 24.4. The summed E-state index contributed by atoms with van der Waals surface area (Å²) >= 11 is 1.62. The zero-order valence-corrected chi connectivity index (χ0v) is 24.7. The monoisotopic (exact) mass is 552 g/mol. The van der Waals surface area contributed by atoms with Crippen molar-refractivity contribution in [3.05, 3.63) is 23.7 Å². The molecule has 0 unspecified atom stereocenters. The van der Waals surface area contributed by atoms with Crippen LogP contribution in [0.2, 0.25) is 0 Å². The third kappa shape index (κ3) is 6.58. The Kier molecular flexibility index (Phi) is 7.17. The molecule has 2 aliphatic carbocycles. The van der Waals surface area contributed by atoms with E-state index >= 15 is 0 Å². The smallest absolute Gasteiger partial charge is 0.315 e. The lowest BCUT2D eigenvalue weighted by atomic mass is 10.1. The standard InChI is InChI=1S/C28H40N8O2S/c1-14-20(24-33-22-19(39-24)10-11-29-21(22)15-8-9-15)23(34-25(30-14)35-27(2,3)4)31-16-12-17(18(37)13-16)32-26(38)36-28(5,6)7/h10-11,15-18,37H,8-9,12-13H2,1-7H3,(H2,32,36,38)(H2,30,31,34,35)/t16-,17+,18+/m1/s1. The lowest BCUT2D eigenvalue weighted by Crippen LogP contribution is -2.51. The molecular formula is C28H40N8O2S. The predicted molar refractivity (Wildman–Crippen MR) is 156 cm³/mol. The van der Waals surface area contributed by atoms with Gasteiger partial charge in [0.1, 0.15) is 16.3 Å². The van der Waals surface area contributed by atoms with Gasteiger partial charge < -0.3 is 26.4 Å². The molecule has 0 aliphatic heterocycles. The Morgan fingerprint density at radius 2 is 1.79 bits per heavy atom.